The Bertz CT molecular complexity index is 1410. The maximum absolute atomic E-state index is 5.39. The molecule has 0 aliphatic heterocycles. The van der Waals surface area contributed by atoms with Gasteiger partial charge < -0.3 is 0 Å². The molecule has 3 aromatic carbocycles. The quantitative estimate of drug-likeness (QED) is 0.307. The summed E-state index contributed by atoms with van der Waals surface area (Å²) in [5.41, 5.74) is 12.5. The molecule has 2 heteroatoms. The van der Waals surface area contributed by atoms with E-state index in [1.54, 1.807) is 11.1 Å². The lowest BCUT2D eigenvalue weighted by Crippen LogP contribution is -2.44. The maximum Gasteiger partial charge on any atom is 0.146 e. The molecule has 2 nitrogen and oxygen atoms in total. The van der Waals surface area contributed by atoms with E-state index < -0.39 is 0 Å². The zero-order chi connectivity index (χ0) is 23.8. The molecule has 174 valence electrons. The predicted molar refractivity (Wildman–Crippen MR) is 143 cm³/mol. The Morgan fingerprint density at radius 2 is 1.38 bits per heavy atom. The zero-order valence-corrected chi connectivity index (χ0v) is 21.5. The Balaban J connectivity index is 1.74. The van der Waals surface area contributed by atoms with Crippen LogP contribution >= 0.6 is 0 Å². The van der Waals surface area contributed by atoms with E-state index in [1.807, 2.05) is 0 Å². The lowest BCUT2D eigenvalue weighted by molar-refractivity contribution is 0.188. The second-order valence-electron chi connectivity index (χ2n) is 11.8. The molecule has 4 aromatic rings. The first-order chi connectivity index (χ1) is 16.2. The van der Waals surface area contributed by atoms with Crippen molar-refractivity contribution in [1.29, 1.82) is 0 Å². The second kappa shape index (κ2) is 7.31. The highest BCUT2D eigenvalue weighted by Crippen LogP contribution is 2.57. The van der Waals surface area contributed by atoms with Gasteiger partial charge in [0.15, 0.2) is 0 Å². The minimum Gasteiger partial charge on any atom is -0.292 e. The highest BCUT2D eigenvalue weighted by atomic mass is 15.1. The number of nitrogens with zero attached hydrogens (tertiary/aromatic N) is 2. The summed E-state index contributed by atoms with van der Waals surface area (Å²) in [5.74, 6) is 1.51. The van der Waals surface area contributed by atoms with Gasteiger partial charge in [0.05, 0.1) is 16.7 Å². The molecule has 0 radical (unpaired) electrons. The molecule has 3 aliphatic carbocycles. The van der Waals surface area contributed by atoms with Crippen LogP contribution in [0.5, 0.6) is 0 Å². The molecule has 2 bridgehead atoms. The second-order valence-corrected chi connectivity index (χ2v) is 11.8. The van der Waals surface area contributed by atoms with Crippen molar-refractivity contribution in [1.82, 2.24) is 9.55 Å². The van der Waals surface area contributed by atoms with Crippen molar-refractivity contribution in [2.75, 3.05) is 0 Å². The molecule has 7 rings (SSSR count). The first kappa shape index (κ1) is 21.6. The molecule has 1 saturated carbocycles. The number of rotatable bonds is 3. The molecule has 3 aliphatic rings. The van der Waals surface area contributed by atoms with Crippen LogP contribution in [-0.4, -0.2) is 9.55 Å². The average molecular weight is 449 g/mol. The third-order valence-electron chi connectivity index (χ3n) is 9.04. The number of imidazole rings is 1. The monoisotopic (exact) mass is 448 g/mol. The fourth-order valence-corrected chi connectivity index (χ4v) is 6.78. The predicted octanol–water partition coefficient (Wildman–Crippen LogP) is 8.54. The summed E-state index contributed by atoms with van der Waals surface area (Å²) in [6.45, 7) is 14.0. The van der Waals surface area contributed by atoms with Crippen molar-refractivity contribution in [3.05, 3.63) is 82.4 Å². The molecule has 0 N–H and O–H groups in total. The van der Waals surface area contributed by atoms with E-state index in [0.29, 0.717) is 11.3 Å². The minimum atomic E-state index is 0.285. The summed E-state index contributed by atoms with van der Waals surface area (Å²) < 4.78 is 2.47. The van der Waals surface area contributed by atoms with Crippen molar-refractivity contribution in [2.45, 2.75) is 84.0 Å². The number of hydrogen-bond donors (Lipinski definition) is 0. The third kappa shape index (κ3) is 2.97. The topological polar surface area (TPSA) is 17.8 Å². The fourth-order valence-electron chi connectivity index (χ4n) is 6.78. The Morgan fingerprint density at radius 1 is 0.794 bits per heavy atom. The van der Waals surface area contributed by atoms with Gasteiger partial charge in [-0.25, -0.2) is 4.98 Å². The summed E-state index contributed by atoms with van der Waals surface area (Å²) in [5, 5.41) is 0. The van der Waals surface area contributed by atoms with Crippen molar-refractivity contribution in [3.63, 3.8) is 0 Å². The van der Waals surface area contributed by atoms with Gasteiger partial charge >= 0.3 is 0 Å². The van der Waals surface area contributed by atoms with E-state index in [0.717, 1.165) is 11.3 Å². The Labute approximate surface area is 204 Å². The standard InChI is InChI=1S/C32H36N2/c1-20(2)23-12-7-8-13-24(23)30-33-27-18-25-26(32(6)16-14-31(25,5)15-17-32)19-28(27)34(30)29-21(3)10-9-11-22(29)4/h7-13,18-20H,14-17H2,1-6H3. The molecule has 0 saturated heterocycles. The van der Waals surface area contributed by atoms with Crippen LogP contribution in [0.1, 0.15) is 87.1 Å². The van der Waals surface area contributed by atoms with Gasteiger partial charge in [0, 0.05) is 5.56 Å². The van der Waals surface area contributed by atoms with Crippen molar-refractivity contribution >= 4 is 11.0 Å². The van der Waals surface area contributed by atoms with Gasteiger partial charge in [0.1, 0.15) is 5.82 Å². The normalized spacial score (nSPS) is 23.6. The van der Waals surface area contributed by atoms with Crippen LogP contribution in [0.15, 0.2) is 54.6 Å². The molecule has 0 unspecified atom stereocenters. The van der Waals surface area contributed by atoms with Gasteiger partial charge in [0.25, 0.3) is 0 Å². The van der Waals surface area contributed by atoms with Crippen LogP contribution < -0.4 is 0 Å². The van der Waals surface area contributed by atoms with E-state index in [4.69, 9.17) is 4.98 Å². The van der Waals surface area contributed by atoms with Gasteiger partial charge in [-0.3, -0.25) is 4.57 Å². The van der Waals surface area contributed by atoms with Gasteiger partial charge in [-0.05, 0) is 96.2 Å². The van der Waals surface area contributed by atoms with Crippen LogP contribution in [-0.2, 0) is 10.8 Å². The number of aromatic nitrogens is 2. The zero-order valence-electron chi connectivity index (χ0n) is 21.5. The van der Waals surface area contributed by atoms with E-state index in [1.165, 1.54) is 59.1 Å². The molecule has 0 spiro atoms. The fraction of sp³-hybridized carbons (Fsp3) is 0.406. The summed E-state index contributed by atoms with van der Waals surface area (Å²) in [7, 11) is 0. The Kier molecular flexibility index (Phi) is 4.66. The summed E-state index contributed by atoms with van der Waals surface area (Å²) >= 11 is 0. The van der Waals surface area contributed by atoms with E-state index in [2.05, 4.69) is 101 Å². The molecule has 0 atom stereocenters. The number of benzene rings is 3. The lowest BCUT2D eigenvalue weighted by atomic mass is 9.52. The Hall–Kier alpha value is -2.87. The number of aryl methyl sites for hydroxylation is 2. The Morgan fingerprint density at radius 3 is 2.00 bits per heavy atom. The highest BCUT2D eigenvalue weighted by Gasteiger charge is 2.48. The van der Waals surface area contributed by atoms with Crippen LogP contribution in [0.2, 0.25) is 0 Å². The van der Waals surface area contributed by atoms with Gasteiger partial charge in [-0.1, -0.05) is 70.2 Å². The number of fused-ring (bicyclic) bond motifs is 3. The van der Waals surface area contributed by atoms with Crippen molar-refractivity contribution < 1.29 is 0 Å². The molecule has 1 fully saturated rings. The van der Waals surface area contributed by atoms with Crippen molar-refractivity contribution in [3.8, 4) is 17.1 Å². The SMILES string of the molecule is Cc1cccc(C)c1-n1c(-c2ccccc2C(C)C)nc2cc3c(cc21)C1(C)CCC3(C)CC1. The van der Waals surface area contributed by atoms with Crippen LogP contribution in [0.4, 0.5) is 0 Å². The number of para-hydroxylation sites is 1. The van der Waals surface area contributed by atoms with Gasteiger partial charge in [-0.2, -0.15) is 0 Å². The largest absolute Gasteiger partial charge is 0.292 e. The molecule has 1 heterocycles. The highest BCUT2D eigenvalue weighted by molar-refractivity contribution is 5.87. The minimum absolute atomic E-state index is 0.285. The van der Waals surface area contributed by atoms with E-state index in [-0.39, 0.29) is 5.41 Å². The molecule has 34 heavy (non-hydrogen) atoms. The summed E-state index contributed by atoms with van der Waals surface area (Å²) in [6.07, 6.45) is 5.18. The van der Waals surface area contributed by atoms with Crippen molar-refractivity contribution in [2.24, 2.45) is 0 Å². The molecule has 1 aromatic heterocycles. The van der Waals surface area contributed by atoms with E-state index in [9.17, 15) is 0 Å². The summed E-state index contributed by atoms with van der Waals surface area (Å²) in [6, 6.07) is 20.4. The first-order valence-electron chi connectivity index (χ1n) is 13.0. The maximum atomic E-state index is 5.39. The molecular formula is C32H36N2. The molecule has 0 amide bonds. The number of hydrogen-bond acceptors (Lipinski definition) is 1. The summed E-state index contributed by atoms with van der Waals surface area (Å²) in [4.78, 5) is 5.39. The van der Waals surface area contributed by atoms with Gasteiger partial charge in [0.2, 0.25) is 0 Å². The average Bonchev–Trinajstić information content (AvgIpc) is 3.18. The lowest BCUT2D eigenvalue weighted by Gasteiger charge is -2.52. The van der Waals surface area contributed by atoms with Gasteiger partial charge in [-0.15, -0.1) is 0 Å². The van der Waals surface area contributed by atoms with E-state index >= 15 is 0 Å². The van der Waals surface area contributed by atoms with Crippen LogP contribution in [0, 0.1) is 13.8 Å². The first-order valence-corrected chi connectivity index (χ1v) is 13.0. The van der Waals surface area contributed by atoms with Crippen LogP contribution in [0.25, 0.3) is 28.1 Å². The smallest absolute Gasteiger partial charge is 0.146 e. The third-order valence-corrected chi connectivity index (χ3v) is 9.04. The molecular weight excluding hydrogens is 412 g/mol. The van der Waals surface area contributed by atoms with Crippen LogP contribution in [0.3, 0.4) is 0 Å².